The molecule has 0 fully saturated rings. The molecule has 0 atom stereocenters. The summed E-state index contributed by atoms with van der Waals surface area (Å²) in [5.74, 6) is 2.74. The molecule has 0 aliphatic heterocycles. The van der Waals surface area contributed by atoms with Crippen LogP contribution in [0.25, 0.3) is 11.3 Å². The molecule has 2 N–H and O–H groups in total. The lowest BCUT2D eigenvalue weighted by molar-refractivity contribution is 0.407. The Balaban J connectivity index is 2.36. The van der Waals surface area contributed by atoms with Crippen LogP contribution >= 0.6 is 0 Å². The molecule has 0 bridgehead atoms. The maximum absolute atomic E-state index is 5.69. The van der Waals surface area contributed by atoms with Crippen LogP contribution in [0.4, 0.5) is 0 Å². The number of benzene rings is 1. The number of hydrogen-bond donors (Lipinski definition) is 1. The van der Waals surface area contributed by atoms with E-state index in [1.165, 1.54) is 0 Å². The summed E-state index contributed by atoms with van der Waals surface area (Å²) < 4.78 is 11.1. The van der Waals surface area contributed by atoms with Gasteiger partial charge >= 0.3 is 0 Å². The maximum atomic E-state index is 5.69. The molecular weight excluding hydrogens is 240 g/mol. The van der Waals surface area contributed by atoms with Gasteiger partial charge in [-0.05, 0) is 29.7 Å². The van der Waals surface area contributed by atoms with E-state index in [4.69, 9.17) is 14.9 Å². The first-order valence-corrected chi connectivity index (χ1v) is 6.48. The average Bonchev–Trinajstić information content (AvgIpc) is 2.87. The second kappa shape index (κ2) is 5.89. The van der Waals surface area contributed by atoms with E-state index in [0.717, 1.165) is 22.6 Å². The van der Waals surface area contributed by atoms with Crippen molar-refractivity contribution in [1.82, 2.24) is 4.98 Å². The molecule has 0 amide bonds. The van der Waals surface area contributed by atoms with Crippen LogP contribution in [0.5, 0.6) is 5.75 Å². The van der Waals surface area contributed by atoms with Crippen LogP contribution in [0.3, 0.4) is 0 Å². The zero-order valence-corrected chi connectivity index (χ0v) is 11.6. The van der Waals surface area contributed by atoms with Gasteiger partial charge in [0.2, 0.25) is 0 Å². The summed E-state index contributed by atoms with van der Waals surface area (Å²) in [7, 11) is 1.69. The molecular formula is C15H20N2O2. The highest BCUT2D eigenvalue weighted by Gasteiger charge is 2.12. The SMILES string of the molecule is COc1ccc(-c2cnc(CCN)o2)cc1C(C)C. The van der Waals surface area contributed by atoms with Crippen molar-refractivity contribution in [2.75, 3.05) is 13.7 Å². The molecule has 0 radical (unpaired) electrons. The highest BCUT2D eigenvalue weighted by molar-refractivity contribution is 5.60. The van der Waals surface area contributed by atoms with Crippen molar-refractivity contribution in [1.29, 1.82) is 0 Å². The van der Waals surface area contributed by atoms with E-state index < -0.39 is 0 Å². The minimum Gasteiger partial charge on any atom is -0.496 e. The monoisotopic (exact) mass is 260 g/mol. The molecule has 2 rings (SSSR count). The molecule has 1 aromatic carbocycles. The van der Waals surface area contributed by atoms with Gasteiger partial charge in [0, 0.05) is 18.5 Å². The van der Waals surface area contributed by atoms with Crippen LogP contribution in [0, 0.1) is 0 Å². The van der Waals surface area contributed by atoms with Gasteiger partial charge in [0.05, 0.1) is 13.3 Å². The molecule has 0 aliphatic carbocycles. The molecule has 4 nitrogen and oxygen atoms in total. The first kappa shape index (κ1) is 13.6. The normalized spacial score (nSPS) is 11.0. The van der Waals surface area contributed by atoms with Crippen LogP contribution in [-0.2, 0) is 6.42 Å². The first-order chi connectivity index (χ1) is 9.15. The van der Waals surface area contributed by atoms with Gasteiger partial charge < -0.3 is 14.9 Å². The smallest absolute Gasteiger partial charge is 0.196 e. The van der Waals surface area contributed by atoms with Crippen LogP contribution < -0.4 is 10.5 Å². The number of nitrogens with two attached hydrogens (primary N) is 1. The Kier molecular flexibility index (Phi) is 4.22. The Labute approximate surface area is 113 Å². The van der Waals surface area contributed by atoms with Gasteiger partial charge in [-0.1, -0.05) is 13.8 Å². The fraction of sp³-hybridized carbons (Fsp3) is 0.400. The van der Waals surface area contributed by atoms with E-state index in [1.54, 1.807) is 13.3 Å². The third-order valence-electron chi connectivity index (χ3n) is 3.05. The minimum absolute atomic E-state index is 0.390. The van der Waals surface area contributed by atoms with Gasteiger partial charge in [-0.25, -0.2) is 4.98 Å². The van der Waals surface area contributed by atoms with Crippen molar-refractivity contribution in [3.05, 3.63) is 35.9 Å². The van der Waals surface area contributed by atoms with Gasteiger partial charge in [0.25, 0.3) is 0 Å². The summed E-state index contributed by atoms with van der Waals surface area (Å²) >= 11 is 0. The lowest BCUT2D eigenvalue weighted by atomic mass is 9.99. The Bertz CT molecular complexity index is 547. The van der Waals surface area contributed by atoms with Crippen molar-refractivity contribution < 1.29 is 9.15 Å². The van der Waals surface area contributed by atoms with Crippen LogP contribution in [-0.4, -0.2) is 18.6 Å². The van der Waals surface area contributed by atoms with E-state index in [1.807, 2.05) is 12.1 Å². The Hall–Kier alpha value is -1.81. The molecule has 0 saturated carbocycles. The maximum Gasteiger partial charge on any atom is 0.196 e. The molecule has 0 aliphatic rings. The lowest BCUT2D eigenvalue weighted by Crippen LogP contribution is -2.02. The van der Waals surface area contributed by atoms with Crippen LogP contribution in [0.1, 0.15) is 31.2 Å². The number of aromatic nitrogens is 1. The van der Waals surface area contributed by atoms with E-state index >= 15 is 0 Å². The van der Waals surface area contributed by atoms with E-state index in [2.05, 4.69) is 24.9 Å². The number of methoxy groups -OCH3 is 1. The van der Waals surface area contributed by atoms with Gasteiger partial charge in [-0.3, -0.25) is 0 Å². The van der Waals surface area contributed by atoms with Crippen LogP contribution in [0.15, 0.2) is 28.8 Å². The first-order valence-electron chi connectivity index (χ1n) is 6.48. The number of hydrogen-bond acceptors (Lipinski definition) is 4. The minimum atomic E-state index is 0.390. The van der Waals surface area contributed by atoms with Crippen molar-refractivity contribution in [2.24, 2.45) is 5.73 Å². The predicted octanol–water partition coefficient (Wildman–Crippen LogP) is 2.97. The fourth-order valence-corrected chi connectivity index (χ4v) is 2.02. The van der Waals surface area contributed by atoms with Gasteiger partial charge in [0.15, 0.2) is 11.7 Å². The van der Waals surface area contributed by atoms with E-state index in [9.17, 15) is 0 Å². The van der Waals surface area contributed by atoms with Crippen molar-refractivity contribution in [3.8, 4) is 17.1 Å². The number of rotatable bonds is 5. The quantitative estimate of drug-likeness (QED) is 0.897. The molecule has 0 unspecified atom stereocenters. The van der Waals surface area contributed by atoms with Crippen LogP contribution in [0.2, 0.25) is 0 Å². The largest absolute Gasteiger partial charge is 0.496 e. The number of nitrogens with zero attached hydrogens (tertiary/aromatic N) is 1. The summed E-state index contributed by atoms with van der Waals surface area (Å²) in [6.07, 6.45) is 2.41. The standard InChI is InChI=1S/C15H20N2O2/c1-10(2)12-8-11(4-5-13(12)18-3)14-9-17-15(19-14)6-7-16/h4-5,8-10H,6-7,16H2,1-3H3. The Morgan fingerprint density at radius 2 is 2.16 bits per heavy atom. The summed E-state index contributed by atoms with van der Waals surface area (Å²) in [6, 6.07) is 6.05. The molecule has 2 aromatic rings. The summed E-state index contributed by atoms with van der Waals surface area (Å²) in [5, 5.41) is 0. The van der Waals surface area contributed by atoms with Crippen molar-refractivity contribution in [2.45, 2.75) is 26.2 Å². The molecule has 1 aromatic heterocycles. The van der Waals surface area contributed by atoms with E-state index in [0.29, 0.717) is 24.8 Å². The highest BCUT2D eigenvalue weighted by atomic mass is 16.5. The van der Waals surface area contributed by atoms with Gasteiger partial charge in [-0.15, -0.1) is 0 Å². The summed E-state index contributed by atoms with van der Waals surface area (Å²) in [4.78, 5) is 4.22. The summed E-state index contributed by atoms with van der Waals surface area (Å²) in [6.45, 7) is 4.82. The molecule has 4 heteroatoms. The second-order valence-electron chi connectivity index (χ2n) is 4.77. The van der Waals surface area contributed by atoms with Crippen molar-refractivity contribution in [3.63, 3.8) is 0 Å². The molecule has 0 saturated heterocycles. The molecule has 102 valence electrons. The Morgan fingerprint density at radius 1 is 1.37 bits per heavy atom. The number of ether oxygens (including phenoxy) is 1. The zero-order valence-electron chi connectivity index (χ0n) is 11.6. The molecule has 0 spiro atoms. The third kappa shape index (κ3) is 2.96. The molecule has 1 heterocycles. The van der Waals surface area contributed by atoms with E-state index in [-0.39, 0.29) is 0 Å². The molecule has 19 heavy (non-hydrogen) atoms. The zero-order chi connectivity index (χ0) is 13.8. The topological polar surface area (TPSA) is 61.3 Å². The average molecular weight is 260 g/mol. The fourth-order valence-electron chi connectivity index (χ4n) is 2.02. The summed E-state index contributed by atoms with van der Waals surface area (Å²) in [5.41, 5.74) is 7.67. The number of oxazole rings is 1. The predicted molar refractivity (Wildman–Crippen MR) is 75.3 cm³/mol. The third-order valence-corrected chi connectivity index (χ3v) is 3.05. The Morgan fingerprint density at radius 3 is 2.79 bits per heavy atom. The second-order valence-corrected chi connectivity index (χ2v) is 4.77. The van der Waals surface area contributed by atoms with Crippen molar-refractivity contribution >= 4 is 0 Å². The highest BCUT2D eigenvalue weighted by Crippen LogP contribution is 2.31. The van der Waals surface area contributed by atoms with Gasteiger partial charge in [0.1, 0.15) is 5.75 Å². The lowest BCUT2D eigenvalue weighted by Gasteiger charge is -2.12. The van der Waals surface area contributed by atoms with Gasteiger partial charge in [-0.2, -0.15) is 0 Å².